The van der Waals surface area contributed by atoms with E-state index in [0.29, 0.717) is 29.4 Å². The minimum absolute atomic E-state index is 0.00397. The molecule has 10 heteroatoms. The highest BCUT2D eigenvalue weighted by Crippen LogP contribution is 2.45. The Morgan fingerprint density at radius 2 is 1.76 bits per heavy atom. The average molecular weight is 623 g/mol. The number of aliphatic hydroxyl groups is 1. The number of carbonyl (C=O) groups excluding carboxylic acids is 3. The molecule has 0 saturated heterocycles. The Bertz CT molecular complexity index is 1800. The van der Waals surface area contributed by atoms with Gasteiger partial charge in [0, 0.05) is 0 Å². The first kappa shape index (κ1) is 31.0. The molecule has 9 nitrogen and oxygen atoms in total. The van der Waals surface area contributed by atoms with Gasteiger partial charge in [-0.1, -0.05) is 96.8 Å². The molecule has 1 aliphatic rings. The third-order valence-electron chi connectivity index (χ3n) is 6.95. The molecule has 4 aromatic rings. The van der Waals surface area contributed by atoms with Gasteiger partial charge in [0.15, 0.2) is 28.2 Å². The van der Waals surface area contributed by atoms with Crippen molar-refractivity contribution in [1.82, 2.24) is 4.98 Å². The molecular weight excluding hydrogens is 592 g/mol. The van der Waals surface area contributed by atoms with E-state index in [1.807, 2.05) is 60.7 Å². The van der Waals surface area contributed by atoms with Gasteiger partial charge in [-0.05, 0) is 41.8 Å². The van der Waals surface area contributed by atoms with E-state index in [1.54, 1.807) is 31.2 Å². The van der Waals surface area contributed by atoms with E-state index in [9.17, 15) is 19.5 Å². The van der Waals surface area contributed by atoms with Gasteiger partial charge in [-0.25, -0.2) is 9.78 Å². The first-order valence-corrected chi connectivity index (χ1v) is 14.8. The Morgan fingerprint density at radius 1 is 1.04 bits per heavy atom. The standard InChI is InChI=1S/C35H30N2O7S/c1-4-19-43-34(41)32-22(2)36-35(45-32)37-30(29(31(39)33(37)40)26(38)17-15-23-11-7-5-8-12-23)25-16-18-27(28(20-25)42-3)44-21-24-13-9-6-10-14-24/h4-18,20,30,39H,1,19,21H2,2-3H3. The van der Waals surface area contributed by atoms with E-state index in [0.717, 1.165) is 22.5 Å². The normalized spacial score (nSPS) is 14.6. The number of methoxy groups -OCH3 is 1. The summed E-state index contributed by atoms with van der Waals surface area (Å²) in [6.07, 6.45) is 4.36. The number of allylic oxidation sites excluding steroid dienone is 1. The zero-order chi connectivity index (χ0) is 31.9. The van der Waals surface area contributed by atoms with E-state index in [-0.39, 0.29) is 22.2 Å². The lowest BCUT2D eigenvalue weighted by atomic mass is 9.95. The number of aryl methyl sites for hydroxylation is 1. The van der Waals surface area contributed by atoms with Crippen LogP contribution in [0.3, 0.4) is 0 Å². The van der Waals surface area contributed by atoms with E-state index >= 15 is 0 Å². The quantitative estimate of drug-likeness (QED) is 0.107. The fraction of sp³-hybridized carbons (Fsp3) is 0.143. The second-order valence-electron chi connectivity index (χ2n) is 9.93. The summed E-state index contributed by atoms with van der Waals surface area (Å²) in [5.74, 6) is -1.93. The van der Waals surface area contributed by atoms with Crippen molar-refractivity contribution in [3.05, 3.63) is 136 Å². The van der Waals surface area contributed by atoms with Crippen molar-refractivity contribution in [2.75, 3.05) is 18.6 Å². The monoisotopic (exact) mass is 622 g/mol. The average Bonchev–Trinajstić information content (AvgIpc) is 3.58. The number of anilines is 1. The molecule has 0 fully saturated rings. The third kappa shape index (κ3) is 6.71. The summed E-state index contributed by atoms with van der Waals surface area (Å²) in [7, 11) is 1.49. The van der Waals surface area contributed by atoms with Crippen molar-refractivity contribution in [2.45, 2.75) is 19.6 Å². The van der Waals surface area contributed by atoms with E-state index < -0.39 is 29.5 Å². The Labute approximate surface area is 264 Å². The fourth-order valence-electron chi connectivity index (χ4n) is 4.78. The summed E-state index contributed by atoms with van der Waals surface area (Å²) in [6, 6.07) is 22.7. The molecule has 0 saturated carbocycles. The number of esters is 1. The summed E-state index contributed by atoms with van der Waals surface area (Å²) < 4.78 is 16.8. The molecule has 5 rings (SSSR count). The maximum atomic E-state index is 13.7. The van der Waals surface area contributed by atoms with Gasteiger partial charge >= 0.3 is 5.97 Å². The van der Waals surface area contributed by atoms with Crippen molar-refractivity contribution in [1.29, 1.82) is 0 Å². The van der Waals surface area contributed by atoms with Crippen molar-refractivity contribution >= 4 is 40.2 Å². The van der Waals surface area contributed by atoms with Gasteiger partial charge in [0.2, 0.25) is 0 Å². The van der Waals surface area contributed by atoms with Gasteiger partial charge in [0.05, 0.1) is 24.4 Å². The minimum Gasteiger partial charge on any atom is -0.503 e. The molecule has 1 aliphatic heterocycles. The van der Waals surface area contributed by atoms with Crippen molar-refractivity contribution in [3.63, 3.8) is 0 Å². The largest absolute Gasteiger partial charge is 0.503 e. The van der Waals surface area contributed by atoms with Gasteiger partial charge in [-0.2, -0.15) is 0 Å². The number of ether oxygens (including phenoxy) is 3. The summed E-state index contributed by atoms with van der Waals surface area (Å²) in [6.45, 7) is 5.47. The van der Waals surface area contributed by atoms with Gasteiger partial charge in [0.1, 0.15) is 18.1 Å². The number of aromatic nitrogens is 1. The maximum absolute atomic E-state index is 13.7. The molecule has 3 aromatic carbocycles. The fourth-order valence-corrected chi connectivity index (χ4v) is 5.77. The van der Waals surface area contributed by atoms with E-state index in [2.05, 4.69) is 11.6 Å². The van der Waals surface area contributed by atoms with Gasteiger partial charge in [-0.15, -0.1) is 0 Å². The molecule has 0 bridgehead atoms. The highest BCUT2D eigenvalue weighted by Gasteiger charge is 2.45. The summed E-state index contributed by atoms with van der Waals surface area (Å²) >= 11 is 0.924. The number of hydrogen-bond donors (Lipinski definition) is 1. The molecule has 1 amide bonds. The number of amides is 1. The highest BCUT2D eigenvalue weighted by molar-refractivity contribution is 7.17. The van der Waals surface area contributed by atoms with Crippen LogP contribution in [0.15, 0.2) is 109 Å². The van der Waals surface area contributed by atoms with Crippen LogP contribution >= 0.6 is 11.3 Å². The molecule has 2 heterocycles. The summed E-state index contributed by atoms with van der Waals surface area (Å²) in [5, 5.41) is 11.2. The second kappa shape index (κ2) is 13.9. The predicted octanol–water partition coefficient (Wildman–Crippen LogP) is 6.56. The lowest BCUT2D eigenvalue weighted by Gasteiger charge is -2.25. The van der Waals surface area contributed by atoms with Crippen LogP contribution in [0.5, 0.6) is 11.5 Å². The Morgan fingerprint density at radius 3 is 2.44 bits per heavy atom. The number of hydrogen-bond acceptors (Lipinski definition) is 9. The molecule has 0 radical (unpaired) electrons. The maximum Gasteiger partial charge on any atom is 0.350 e. The number of thiazole rings is 1. The van der Waals surface area contributed by atoms with E-state index in [1.165, 1.54) is 24.2 Å². The molecule has 1 unspecified atom stereocenters. The van der Waals surface area contributed by atoms with Gasteiger partial charge in [-0.3, -0.25) is 14.5 Å². The molecule has 1 atom stereocenters. The summed E-state index contributed by atoms with van der Waals surface area (Å²) in [4.78, 5) is 45.8. The Kier molecular flexibility index (Phi) is 9.54. The first-order chi connectivity index (χ1) is 21.8. The number of rotatable bonds is 12. The smallest absolute Gasteiger partial charge is 0.350 e. The molecule has 0 spiro atoms. The zero-order valence-electron chi connectivity index (χ0n) is 24.6. The van der Waals surface area contributed by atoms with Crippen LogP contribution in [-0.4, -0.2) is 41.5 Å². The second-order valence-corrected chi connectivity index (χ2v) is 10.9. The Balaban J connectivity index is 1.55. The number of carbonyl (C=O) groups is 3. The lowest BCUT2D eigenvalue weighted by molar-refractivity contribution is -0.117. The van der Waals surface area contributed by atoms with Crippen LogP contribution in [0.2, 0.25) is 0 Å². The van der Waals surface area contributed by atoms with Crippen LogP contribution < -0.4 is 14.4 Å². The molecule has 0 aliphatic carbocycles. The van der Waals surface area contributed by atoms with Gasteiger partial charge in [0.25, 0.3) is 5.91 Å². The van der Waals surface area contributed by atoms with Crippen LogP contribution in [0.1, 0.15) is 38.1 Å². The highest BCUT2D eigenvalue weighted by atomic mass is 32.1. The topological polar surface area (TPSA) is 115 Å². The van der Waals surface area contributed by atoms with Crippen molar-refractivity contribution in [2.24, 2.45) is 0 Å². The molecule has 228 valence electrons. The number of nitrogens with zero attached hydrogens (tertiary/aromatic N) is 2. The molecule has 1 aromatic heterocycles. The van der Waals surface area contributed by atoms with Gasteiger partial charge < -0.3 is 19.3 Å². The van der Waals surface area contributed by atoms with Crippen LogP contribution in [0, 0.1) is 6.92 Å². The summed E-state index contributed by atoms with van der Waals surface area (Å²) in [5.41, 5.74) is 2.38. The number of ketones is 1. The Hall–Kier alpha value is -5.48. The predicted molar refractivity (Wildman–Crippen MR) is 171 cm³/mol. The number of benzene rings is 3. The van der Waals surface area contributed by atoms with Crippen LogP contribution in [-0.2, 0) is 20.9 Å². The van der Waals surface area contributed by atoms with Crippen molar-refractivity contribution in [3.8, 4) is 11.5 Å². The third-order valence-corrected chi connectivity index (χ3v) is 8.09. The van der Waals surface area contributed by atoms with Crippen LogP contribution in [0.25, 0.3) is 6.08 Å². The number of aliphatic hydroxyl groups excluding tert-OH is 1. The van der Waals surface area contributed by atoms with Crippen molar-refractivity contribution < 1.29 is 33.7 Å². The first-order valence-electron chi connectivity index (χ1n) is 14.0. The molecule has 45 heavy (non-hydrogen) atoms. The SMILES string of the molecule is C=CCOC(=O)c1sc(N2C(=O)C(O)=C(C(=O)C=Cc3ccccc3)C2c2ccc(OCc3ccccc3)c(OC)c2)nc1C. The molecular formula is C35H30N2O7S. The molecule has 1 N–H and O–H groups in total. The minimum atomic E-state index is -1.09. The van der Waals surface area contributed by atoms with Crippen LogP contribution in [0.4, 0.5) is 5.13 Å². The zero-order valence-corrected chi connectivity index (χ0v) is 25.5. The lowest BCUT2D eigenvalue weighted by Crippen LogP contribution is -2.30. The van der Waals surface area contributed by atoms with E-state index in [4.69, 9.17) is 14.2 Å².